The van der Waals surface area contributed by atoms with Gasteiger partial charge in [0.15, 0.2) is 0 Å². The number of hydrogen-bond acceptors (Lipinski definition) is 2. The first-order valence-electron chi connectivity index (χ1n) is 5.98. The molecular formula is C15H15Cl2NO. The maximum atomic E-state index is 9.89. The van der Waals surface area contributed by atoms with Crippen LogP contribution >= 0.6 is 23.2 Å². The molecule has 0 heterocycles. The number of rotatable bonds is 3. The van der Waals surface area contributed by atoms with Gasteiger partial charge in [-0.25, -0.2) is 0 Å². The second-order valence-electron chi connectivity index (χ2n) is 4.56. The average molecular weight is 296 g/mol. The summed E-state index contributed by atoms with van der Waals surface area (Å²) in [5.41, 5.74) is 2.82. The number of benzene rings is 2. The predicted molar refractivity (Wildman–Crippen MR) is 81.3 cm³/mol. The van der Waals surface area contributed by atoms with Gasteiger partial charge in [-0.1, -0.05) is 40.9 Å². The molecule has 0 fully saturated rings. The monoisotopic (exact) mass is 295 g/mol. The number of anilines is 1. The van der Waals surface area contributed by atoms with E-state index in [4.69, 9.17) is 23.2 Å². The molecule has 0 saturated carbocycles. The maximum absolute atomic E-state index is 9.89. The second kappa shape index (κ2) is 5.72. The number of nitrogens with one attached hydrogen (secondary N) is 1. The molecular weight excluding hydrogens is 281 g/mol. The summed E-state index contributed by atoms with van der Waals surface area (Å²) >= 11 is 11.9. The normalized spacial score (nSPS) is 12.2. The standard InChI is InChI=1S/C15H15Cl2NO/c1-9-3-6-15(19)12(7-9)10(2)18-11-4-5-13(16)14(17)8-11/h3-8,10,18-19H,1-2H3. The zero-order chi connectivity index (χ0) is 14.0. The molecule has 0 spiro atoms. The van der Waals surface area contributed by atoms with E-state index < -0.39 is 0 Å². The Bertz CT molecular complexity index is 599. The van der Waals surface area contributed by atoms with Gasteiger partial charge in [0.25, 0.3) is 0 Å². The van der Waals surface area contributed by atoms with Crippen molar-refractivity contribution in [2.45, 2.75) is 19.9 Å². The molecule has 2 aromatic rings. The Morgan fingerprint density at radius 1 is 1.05 bits per heavy atom. The van der Waals surface area contributed by atoms with Crippen LogP contribution in [0.25, 0.3) is 0 Å². The topological polar surface area (TPSA) is 32.3 Å². The molecule has 0 aromatic heterocycles. The predicted octanol–water partition coefficient (Wildman–Crippen LogP) is 5.18. The van der Waals surface area contributed by atoms with Crippen molar-refractivity contribution < 1.29 is 5.11 Å². The summed E-state index contributed by atoms with van der Waals surface area (Å²) in [7, 11) is 0. The lowest BCUT2D eigenvalue weighted by Crippen LogP contribution is -2.07. The van der Waals surface area contributed by atoms with E-state index in [2.05, 4.69) is 5.32 Å². The van der Waals surface area contributed by atoms with Crippen LogP contribution < -0.4 is 5.32 Å². The average Bonchev–Trinajstić information content (AvgIpc) is 2.36. The van der Waals surface area contributed by atoms with Crippen molar-refractivity contribution in [3.8, 4) is 5.75 Å². The summed E-state index contributed by atoms with van der Waals surface area (Å²) in [5.74, 6) is 0.283. The molecule has 0 aliphatic heterocycles. The van der Waals surface area contributed by atoms with Gasteiger partial charge in [-0.05, 0) is 38.1 Å². The molecule has 1 atom stereocenters. The highest BCUT2D eigenvalue weighted by Gasteiger charge is 2.11. The van der Waals surface area contributed by atoms with E-state index in [1.165, 1.54) is 0 Å². The third-order valence-corrected chi connectivity index (χ3v) is 3.69. The summed E-state index contributed by atoms with van der Waals surface area (Å²) in [4.78, 5) is 0. The molecule has 100 valence electrons. The van der Waals surface area contributed by atoms with Crippen LogP contribution in [0.15, 0.2) is 36.4 Å². The first-order chi connectivity index (χ1) is 8.97. The van der Waals surface area contributed by atoms with Crippen LogP contribution in [0.4, 0.5) is 5.69 Å². The van der Waals surface area contributed by atoms with Gasteiger partial charge in [0.1, 0.15) is 5.75 Å². The van der Waals surface area contributed by atoms with Gasteiger partial charge in [-0.15, -0.1) is 0 Å². The molecule has 2 nitrogen and oxygen atoms in total. The first-order valence-corrected chi connectivity index (χ1v) is 6.74. The van der Waals surface area contributed by atoms with Gasteiger partial charge in [0.05, 0.1) is 16.1 Å². The molecule has 4 heteroatoms. The third-order valence-electron chi connectivity index (χ3n) is 2.95. The first kappa shape index (κ1) is 14.0. The summed E-state index contributed by atoms with van der Waals surface area (Å²) in [6, 6.07) is 10.9. The van der Waals surface area contributed by atoms with Crippen molar-refractivity contribution in [3.05, 3.63) is 57.6 Å². The molecule has 0 amide bonds. The van der Waals surface area contributed by atoms with Gasteiger partial charge in [0.2, 0.25) is 0 Å². The molecule has 0 saturated heterocycles. The molecule has 2 N–H and O–H groups in total. The van der Waals surface area contributed by atoms with Crippen molar-refractivity contribution in [3.63, 3.8) is 0 Å². The third kappa shape index (κ3) is 3.34. The van der Waals surface area contributed by atoms with Crippen LogP contribution in [0.1, 0.15) is 24.1 Å². The quantitative estimate of drug-likeness (QED) is 0.818. The smallest absolute Gasteiger partial charge is 0.120 e. The molecule has 2 rings (SSSR count). The number of aryl methyl sites for hydroxylation is 1. The Balaban J connectivity index is 2.22. The minimum atomic E-state index is -0.0304. The minimum absolute atomic E-state index is 0.0304. The summed E-state index contributed by atoms with van der Waals surface area (Å²) in [5, 5.41) is 14.2. The Morgan fingerprint density at radius 2 is 1.79 bits per heavy atom. The van der Waals surface area contributed by atoms with Gasteiger partial charge in [-0.3, -0.25) is 0 Å². The summed E-state index contributed by atoms with van der Waals surface area (Å²) < 4.78 is 0. The van der Waals surface area contributed by atoms with Crippen LogP contribution in [-0.2, 0) is 0 Å². The van der Waals surface area contributed by atoms with Crippen molar-refractivity contribution in [2.24, 2.45) is 0 Å². The highest BCUT2D eigenvalue weighted by atomic mass is 35.5. The fourth-order valence-corrected chi connectivity index (χ4v) is 2.23. The maximum Gasteiger partial charge on any atom is 0.120 e. The van der Waals surface area contributed by atoms with Crippen LogP contribution in [0.2, 0.25) is 10.0 Å². The highest BCUT2D eigenvalue weighted by Crippen LogP contribution is 2.30. The number of phenols is 1. The summed E-state index contributed by atoms with van der Waals surface area (Å²) in [6.07, 6.45) is 0. The molecule has 2 aromatic carbocycles. The van der Waals surface area contributed by atoms with Gasteiger partial charge in [0, 0.05) is 11.3 Å². The number of halogens is 2. The van der Waals surface area contributed by atoms with E-state index >= 15 is 0 Å². The van der Waals surface area contributed by atoms with Crippen LogP contribution in [0.5, 0.6) is 5.75 Å². The van der Waals surface area contributed by atoms with Crippen molar-refractivity contribution in [1.29, 1.82) is 0 Å². The van der Waals surface area contributed by atoms with Crippen LogP contribution in [0, 0.1) is 6.92 Å². The highest BCUT2D eigenvalue weighted by molar-refractivity contribution is 6.42. The molecule has 0 aliphatic carbocycles. The number of hydrogen-bond donors (Lipinski definition) is 2. The fourth-order valence-electron chi connectivity index (χ4n) is 1.93. The van der Waals surface area contributed by atoms with E-state index in [1.54, 1.807) is 18.2 Å². The van der Waals surface area contributed by atoms with E-state index in [-0.39, 0.29) is 11.8 Å². The van der Waals surface area contributed by atoms with Crippen molar-refractivity contribution in [1.82, 2.24) is 0 Å². The van der Waals surface area contributed by atoms with Crippen molar-refractivity contribution in [2.75, 3.05) is 5.32 Å². The molecule has 0 radical (unpaired) electrons. The minimum Gasteiger partial charge on any atom is -0.508 e. The van der Waals surface area contributed by atoms with E-state index in [1.807, 2.05) is 32.0 Å². The molecule has 1 unspecified atom stereocenters. The lowest BCUT2D eigenvalue weighted by atomic mass is 10.0. The van der Waals surface area contributed by atoms with E-state index in [0.29, 0.717) is 10.0 Å². The van der Waals surface area contributed by atoms with Gasteiger partial charge < -0.3 is 10.4 Å². The second-order valence-corrected chi connectivity index (χ2v) is 5.37. The molecule has 0 bridgehead atoms. The van der Waals surface area contributed by atoms with Gasteiger partial charge >= 0.3 is 0 Å². The SMILES string of the molecule is Cc1ccc(O)c(C(C)Nc2ccc(Cl)c(Cl)c2)c1. The number of aromatic hydroxyl groups is 1. The lowest BCUT2D eigenvalue weighted by molar-refractivity contribution is 0.465. The van der Waals surface area contributed by atoms with Gasteiger partial charge in [-0.2, -0.15) is 0 Å². The van der Waals surface area contributed by atoms with E-state index in [9.17, 15) is 5.11 Å². The van der Waals surface area contributed by atoms with Crippen LogP contribution in [-0.4, -0.2) is 5.11 Å². The lowest BCUT2D eigenvalue weighted by Gasteiger charge is -2.18. The molecule has 0 aliphatic rings. The summed E-state index contributed by atoms with van der Waals surface area (Å²) in [6.45, 7) is 3.98. The van der Waals surface area contributed by atoms with Crippen LogP contribution in [0.3, 0.4) is 0 Å². The fraction of sp³-hybridized carbons (Fsp3) is 0.200. The number of phenolic OH excluding ortho intramolecular Hbond substituents is 1. The van der Waals surface area contributed by atoms with E-state index in [0.717, 1.165) is 16.8 Å². The Labute approximate surface area is 123 Å². The zero-order valence-electron chi connectivity index (χ0n) is 10.7. The van der Waals surface area contributed by atoms with Crippen molar-refractivity contribution >= 4 is 28.9 Å². The zero-order valence-corrected chi connectivity index (χ0v) is 12.3. The Morgan fingerprint density at radius 3 is 2.47 bits per heavy atom. The Kier molecular flexibility index (Phi) is 4.23. The largest absolute Gasteiger partial charge is 0.508 e. The molecule has 19 heavy (non-hydrogen) atoms. The Hall–Kier alpha value is -1.38.